The molecule has 2 amide bonds. The number of nitrogens with one attached hydrogen (secondary N) is 2. The Morgan fingerprint density at radius 3 is 2.55 bits per heavy atom. The van der Waals surface area contributed by atoms with Crippen molar-refractivity contribution in [2.45, 2.75) is 23.8 Å². The topological polar surface area (TPSA) is 85.0 Å². The molecule has 2 aliphatic heterocycles. The van der Waals surface area contributed by atoms with E-state index >= 15 is 0 Å². The monoisotopic (exact) mass is 491 g/mol. The molecule has 2 N–H and O–H groups in total. The second-order valence-corrected chi connectivity index (χ2v) is 10.9. The van der Waals surface area contributed by atoms with Crippen molar-refractivity contribution in [1.29, 1.82) is 0 Å². The van der Waals surface area contributed by atoms with Crippen LogP contribution in [0.3, 0.4) is 0 Å². The largest absolute Gasteiger partial charge is 0.368 e. The highest BCUT2D eigenvalue weighted by molar-refractivity contribution is 7.89. The van der Waals surface area contributed by atoms with Gasteiger partial charge in [-0.2, -0.15) is 4.31 Å². The van der Waals surface area contributed by atoms with Crippen molar-refractivity contribution >= 4 is 39.0 Å². The number of sulfonamides is 1. The molecule has 10 heteroatoms. The fourth-order valence-electron chi connectivity index (χ4n) is 4.29. The third-order valence-electron chi connectivity index (χ3n) is 6.14. The van der Waals surface area contributed by atoms with Gasteiger partial charge in [0.25, 0.3) is 0 Å². The molecule has 4 rings (SSSR count). The molecule has 178 valence electrons. The van der Waals surface area contributed by atoms with Crippen LogP contribution in [-0.4, -0.2) is 76.0 Å². The molecule has 2 aliphatic rings. The van der Waals surface area contributed by atoms with Crippen molar-refractivity contribution in [2.24, 2.45) is 0 Å². The molecule has 0 radical (unpaired) electrons. The number of carbonyl (C=O) groups is 1. The maximum Gasteiger partial charge on any atom is 0.319 e. The van der Waals surface area contributed by atoms with Crippen molar-refractivity contribution < 1.29 is 13.2 Å². The van der Waals surface area contributed by atoms with Gasteiger partial charge in [0.1, 0.15) is 0 Å². The summed E-state index contributed by atoms with van der Waals surface area (Å²) in [6.07, 6.45) is 1.81. The zero-order chi connectivity index (χ0) is 23.4. The number of nitrogens with zero attached hydrogens (tertiary/aromatic N) is 3. The van der Waals surface area contributed by atoms with E-state index < -0.39 is 10.0 Å². The number of benzene rings is 2. The van der Waals surface area contributed by atoms with Crippen LogP contribution in [0, 0.1) is 0 Å². The Kier molecular flexibility index (Phi) is 7.43. The van der Waals surface area contributed by atoms with Crippen LogP contribution in [0.2, 0.25) is 5.02 Å². The van der Waals surface area contributed by atoms with Gasteiger partial charge in [0.2, 0.25) is 10.0 Å². The summed E-state index contributed by atoms with van der Waals surface area (Å²) in [5, 5.41) is 6.50. The van der Waals surface area contributed by atoms with Crippen LogP contribution in [0.25, 0.3) is 0 Å². The van der Waals surface area contributed by atoms with Gasteiger partial charge in [-0.3, -0.25) is 0 Å². The van der Waals surface area contributed by atoms with Crippen LogP contribution in [0.1, 0.15) is 12.8 Å². The van der Waals surface area contributed by atoms with Gasteiger partial charge in [0, 0.05) is 51.0 Å². The van der Waals surface area contributed by atoms with E-state index in [-0.39, 0.29) is 17.0 Å². The van der Waals surface area contributed by atoms with Crippen LogP contribution >= 0.6 is 11.6 Å². The van der Waals surface area contributed by atoms with Crippen molar-refractivity contribution in [3.63, 3.8) is 0 Å². The lowest BCUT2D eigenvalue weighted by atomic mass is 10.1. The number of anilines is 2. The molecular formula is C23H30ClN5O3S. The molecule has 1 atom stereocenters. The summed E-state index contributed by atoms with van der Waals surface area (Å²) in [5.41, 5.74) is 1.41. The molecule has 0 bridgehead atoms. The van der Waals surface area contributed by atoms with Gasteiger partial charge in [-0.1, -0.05) is 29.8 Å². The van der Waals surface area contributed by atoms with Crippen LogP contribution in [0.4, 0.5) is 16.2 Å². The first kappa shape index (κ1) is 23.8. The third-order valence-corrected chi connectivity index (χ3v) is 8.36. The van der Waals surface area contributed by atoms with E-state index in [1.165, 1.54) is 10.4 Å². The number of likely N-dealkylation sites (N-methyl/N-ethyl adjacent to an activating group) is 1. The molecule has 2 aromatic carbocycles. The Balaban J connectivity index is 1.37. The summed E-state index contributed by atoms with van der Waals surface area (Å²) in [6.45, 7) is 3.87. The lowest BCUT2D eigenvalue weighted by Gasteiger charge is -2.35. The predicted molar refractivity (Wildman–Crippen MR) is 132 cm³/mol. The van der Waals surface area contributed by atoms with E-state index in [0.717, 1.165) is 25.1 Å². The van der Waals surface area contributed by atoms with Gasteiger partial charge >= 0.3 is 6.03 Å². The lowest BCUT2D eigenvalue weighted by Crippen LogP contribution is -2.49. The maximum absolute atomic E-state index is 13.0. The number of rotatable bonds is 5. The minimum Gasteiger partial charge on any atom is -0.368 e. The molecular weight excluding hydrogens is 462 g/mol. The van der Waals surface area contributed by atoms with Crippen molar-refractivity contribution in [3.8, 4) is 0 Å². The molecule has 2 aromatic rings. The summed E-state index contributed by atoms with van der Waals surface area (Å²) >= 11 is 6.34. The number of urea groups is 1. The van der Waals surface area contributed by atoms with E-state index in [4.69, 9.17) is 11.6 Å². The number of halogens is 1. The first-order valence-corrected chi connectivity index (χ1v) is 13.0. The smallest absolute Gasteiger partial charge is 0.319 e. The number of hydrogen-bond acceptors (Lipinski definition) is 5. The molecule has 2 heterocycles. The predicted octanol–water partition coefficient (Wildman–Crippen LogP) is 3.07. The van der Waals surface area contributed by atoms with E-state index in [2.05, 4.69) is 20.4 Å². The standard InChI is InChI=1S/C23H30ClN5O3S/c1-27-12-14-29(15-13-27)33(31,32)20-8-4-6-18(16-20)25-23(30)26-19-7-5-11-28(17-19)22-10-3-2-9-21(22)24/h2-4,6,8-10,16,19H,5,7,11-15,17H2,1H3,(H2,25,26,30). The summed E-state index contributed by atoms with van der Waals surface area (Å²) in [5.74, 6) is 0. The first-order chi connectivity index (χ1) is 15.8. The molecule has 0 aromatic heterocycles. The van der Waals surface area contributed by atoms with Gasteiger partial charge < -0.3 is 20.4 Å². The maximum atomic E-state index is 13.0. The molecule has 33 heavy (non-hydrogen) atoms. The van der Waals surface area contributed by atoms with Crippen molar-refractivity contribution in [2.75, 3.05) is 56.5 Å². The van der Waals surface area contributed by atoms with E-state index in [1.807, 2.05) is 31.3 Å². The highest BCUT2D eigenvalue weighted by Crippen LogP contribution is 2.28. The Hall–Kier alpha value is -2.33. The Labute approximate surface area is 200 Å². The summed E-state index contributed by atoms with van der Waals surface area (Å²) in [7, 11) is -1.62. The number of para-hydroxylation sites is 1. The number of hydrogen-bond donors (Lipinski definition) is 2. The van der Waals surface area contributed by atoms with Crippen LogP contribution in [-0.2, 0) is 10.0 Å². The molecule has 0 saturated carbocycles. The average Bonchev–Trinajstić information content (AvgIpc) is 2.80. The lowest BCUT2D eigenvalue weighted by molar-refractivity contribution is 0.222. The molecule has 1 unspecified atom stereocenters. The SMILES string of the molecule is CN1CCN(S(=O)(=O)c2cccc(NC(=O)NC3CCCN(c4ccccc4Cl)C3)c2)CC1. The second-order valence-electron chi connectivity index (χ2n) is 8.57. The van der Waals surface area contributed by atoms with Crippen LogP contribution in [0.15, 0.2) is 53.4 Å². The van der Waals surface area contributed by atoms with E-state index in [1.54, 1.807) is 18.2 Å². The van der Waals surface area contributed by atoms with Crippen molar-refractivity contribution in [3.05, 3.63) is 53.6 Å². The Morgan fingerprint density at radius 2 is 1.79 bits per heavy atom. The Bertz CT molecular complexity index is 1090. The first-order valence-electron chi connectivity index (χ1n) is 11.2. The number of piperidine rings is 1. The van der Waals surface area contributed by atoms with Crippen molar-refractivity contribution in [1.82, 2.24) is 14.5 Å². The Morgan fingerprint density at radius 1 is 1.03 bits per heavy atom. The number of carbonyl (C=O) groups excluding carboxylic acids is 1. The van der Waals surface area contributed by atoms with E-state index in [0.29, 0.717) is 43.4 Å². The normalized spacial score (nSPS) is 20.4. The zero-order valence-corrected chi connectivity index (χ0v) is 20.3. The molecule has 0 spiro atoms. The van der Waals surface area contributed by atoms with Gasteiger partial charge in [0.15, 0.2) is 0 Å². The minimum absolute atomic E-state index is 0.0349. The van der Waals surface area contributed by atoms with E-state index in [9.17, 15) is 13.2 Å². The average molecular weight is 492 g/mol. The highest BCUT2D eigenvalue weighted by Gasteiger charge is 2.28. The van der Waals surface area contributed by atoms with Gasteiger partial charge in [-0.05, 0) is 50.2 Å². The van der Waals surface area contributed by atoms with Gasteiger partial charge in [-0.25, -0.2) is 13.2 Å². The summed E-state index contributed by atoms with van der Waals surface area (Å²) < 4.78 is 27.5. The summed E-state index contributed by atoms with van der Waals surface area (Å²) in [4.78, 5) is 17.1. The second kappa shape index (κ2) is 10.3. The minimum atomic E-state index is -3.60. The van der Waals surface area contributed by atoms with Gasteiger partial charge in [-0.15, -0.1) is 0 Å². The fourth-order valence-corrected chi connectivity index (χ4v) is 6.01. The summed E-state index contributed by atoms with van der Waals surface area (Å²) in [6, 6.07) is 13.7. The van der Waals surface area contributed by atoms with Gasteiger partial charge in [0.05, 0.1) is 15.6 Å². The third kappa shape index (κ3) is 5.78. The van der Waals surface area contributed by atoms with Crippen LogP contribution in [0.5, 0.6) is 0 Å². The zero-order valence-electron chi connectivity index (χ0n) is 18.7. The highest BCUT2D eigenvalue weighted by atomic mass is 35.5. The fraction of sp³-hybridized carbons (Fsp3) is 0.435. The number of piperazine rings is 1. The molecule has 2 saturated heterocycles. The molecule has 2 fully saturated rings. The quantitative estimate of drug-likeness (QED) is 0.671. The molecule has 0 aliphatic carbocycles. The van der Waals surface area contributed by atoms with Crippen LogP contribution < -0.4 is 15.5 Å². The number of amides is 2. The molecule has 8 nitrogen and oxygen atoms in total.